The molecule has 1 amide bonds. The maximum Gasteiger partial charge on any atom is 0.434 e. The van der Waals surface area contributed by atoms with Crippen LogP contribution in [0.4, 0.5) is 4.79 Å². The summed E-state index contributed by atoms with van der Waals surface area (Å²) in [5, 5.41) is 9.77. The second-order valence-corrected chi connectivity index (χ2v) is 7.10. The molecule has 27 heavy (non-hydrogen) atoms. The largest absolute Gasteiger partial charge is 0.477 e. The maximum absolute atomic E-state index is 11.7. The first kappa shape index (κ1) is 20.5. The Bertz CT molecular complexity index is 853. The van der Waals surface area contributed by atoms with Gasteiger partial charge in [0.25, 0.3) is 0 Å². The molecule has 6 nitrogen and oxygen atoms in total. The van der Waals surface area contributed by atoms with Crippen LogP contribution < -0.4 is 4.74 Å². The summed E-state index contributed by atoms with van der Waals surface area (Å²) in [4.78, 5) is 26.7. The molecule has 0 aliphatic rings. The summed E-state index contributed by atoms with van der Waals surface area (Å²) in [6.45, 7) is 5.04. The van der Waals surface area contributed by atoms with Crippen LogP contribution in [-0.4, -0.2) is 28.5 Å². The van der Waals surface area contributed by atoms with E-state index in [0.717, 1.165) is 0 Å². The number of aliphatic carboxylic acids is 1. The van der Waals surface area contributed by atoms with Crippen molar-refractivity contribution in [2.24, 2.45) is 4.99 Å². The summed E-state index contributed by atoms with van der Waals surface area (Å²) in [6, 6.07) is 13.8. The number of aliphatic imine (C=N–C) groups is 1. The molecule has 0 radical (unpaired) electrons. The van der Waals surface area contributed by atoms with Gasteiger partial charge in [0, 0.05) is 6.42 Å². The van der Waals surface area contributed by atoms with Crippen molar-refractivity contribution in [3.8, 4) is 11.5 Å². The monoisotopic (exact) mass is 389 g/mol. The van der Waals surface area contributed by atoms with Gasteiger partial charge in [-0.25, -0.2) is 9.59 Å². The van der Waals surface area contributed by atoms with Gasteiger partial charge in [0.2, 0.25) is 0 Å². The predicted octanol–water partition coefficient (Wildman–Crippen LogP) is 5.14. The molecule has 2 rings (SSSR count). The molecule has 0 spiro atoms. The molecule has 142 valence electrons. The van der Waals surface area contributed by atoms with Crippen molar-refractivity contribution in [2.45, 2.75) is 32.8 Å². The number of carbonyl (C=O) groups excluding carboxylic acids is 1. The van der Waals surface area contributed by atoms with Crippen LogP contribution >= 0.6 is 11.6 Å². The van der Waals surface area contributed by atoms with Gasteiger partial charge < -0.3 is 14.6 Å². The number of rotatable bonds is 5. The van der Waals surface area contributed by atoms with E-state index in [1.165, 1.54) is 0 Å². The van der Waals surface area contributed by atoms with E-state index < -0.39 is 17.7 Å². The molecule has 0 heterocycles. The number of carboxylic acids is 1. The van der Waals surface area contributed by atoms with Crippen LogP contribution in [0.1, 0.15) is 26.3 Å². The predicted molar refractivity (Wildman–Crippen MR) is 103 cm³/mol. The normalized spacial score (nSPS) is 11.8. The molecule has 2 aromatic rings. The van der Waals surface area contributed by atoms with Crippen LogP contribution in [0.25, 0.3) is 0 Å². The molecule has 7 heteroatoms. The van der Waals surface area contributed by atoms with E-state index >= 15 is 0 Å². The van der Waals surface area contributed by atoms with Gasteiger partial charge in [-0.05, 0) is 50.6 Å². The number of halogens is 1. The highest BCUT2D eigenvalue weighted by atomic mass is 35.5. The number of para-hydroxylation sites is 1. The van der Waals surface area contributed by atoms with Gasteiger partial charge in [-0.3, -0.25) is 0 Å². The quantitative estimate of drug-likeness (QED) is 0.716. The highest BCUT2D eigenvalue weighted by Gasteiger charge is 2.19. The number of hydrogen-bond donors (Lipinski definition) is 1. The number of carboxylic acid groups (broad SMARTS) is 1. The summed E-state index contributed by atoms with van der Waals surface area (Å²) in [5.74, 6) is -0.213. The van der Waals surface area contributed by atoms with E-state index in [1.807, 2.05) is 6.07 Å². The van der Waals surface area contributed by atoms with Crippen molar-refractivity contribution in [2.75, 3.05) is 0 Å². The smallest absolute Gasteiger partial charge is 0.434 e. The lowest BCUT2D eigenvalue weighted by Crippen LogP contribution is -2.24. The molecule has 1 N–H and O–H groups in total. The Morgan fingerprint density at radius 2 is 1.70 bits per heavy atom. The zero-order valence-electron chi connectivity index (χ0n) is 15.2. The van der Waals surface area contributed by atoms with Crippen molar-refractivity contribution < 1.29 is 24.2 Å². The molecule has 0 unspecified atom stereocenters. The first-order chi connectivity index (χ1) is 12.6. The molecule has 2 aromatic carbocycles. The minimum atomic E-state index is -1.28. The molecule has 0 fully saturated rings. The van der Waals surface area contributed by atoms with E-state index in [1.54, 1.807) is 63.2 Å². The van der Waals surface area contributed by atoms with Crippen molar-refractivity contribution in [1.29, 1.82) is 0 Å². The second kappa shape index (κ2) is 8.68. The van der Waals surface area contributed by atoms with E-state index in [9.17, 15) is 14.7 Å². The highest BCUT2D eigenvalue weighted by molar-refractivity contribution is 6.37. The molecular weight excluding hydrogens is 370 g/mol. The molecule has 0 aliphatic carbocycles. The Labute approximate surface area is 162 Å². The third kappa shape index (κ3) is 6.75. The molecule has 0 atom stereocenters. The zero-order valence-corrected chi connectivity index (χ0v) is 16.0. The average molecular weight is 390 g/mol. The number of nitrogens with zero attached hydrogens (tertiary/aromatic N) is 1. The fourth-order valence-electron chi connectivity index (χ4n) is 2.08. The Kier molecular flexibility index (Phi) is 6.58. The lowest BCUT2D eigenvalue weighted by Gasteiger charge is -2.17. The Balaban J connectivity index is 2.10. The lowest BCUT2D eigenvalue weighted by atomic mass is 10.1. The van der Waals surface area contributed by atoms with Gasteiger partial charge in [0.1, 0.15) is 22.8 Å². The SMILES string of the molecule is CC(C)(C)OC(=O)N=C(Cc1ccc(Oc2ccccc2Cl)cc1)C(=O)O. The van der Waals surface area contributed by atoms with Crippen molar-refractivity contribution in [3.63, 3.8) is 0 Å². The van der Waals surface area contributed by atoms with Crippen LogP contribution in [0.5, 0.6) is 11.5 Å². The summed E-state index contributed by atoms with van der Waals surface area (Å²) >= 11 is 6.05. The lowest BCUT2D eigenvalue weighted by molar-refractivity contribution is -0.129. The van der Waals surface area contributed by atoms with Crippen LogP contribution in [0.15, 0.2) is 53.5 Å². The summed E-state index contributed by atoms with van der Waals surface area (Å²) in [6.07, 6.45) is -0.959. The van der Waals surface area contributed by atoms with Crippen LogP contribution in [-0.2, 0) is 16.0 Å². The first-order valence-electron chi connectivity index (χ1n) is 8.19. The van der Waals surface area contributed by atoms with Gasteiger partial charge in [0.15, 0.2) is 0 Å². The molecule has 0 saturated heterocycles. The Hall–Kier alpha value is -2.86. The second-order valence-electron chi connectivity index (χ2n) is 6.70. The number of amides is 1. The Morgan fingerprint density at radius 3 is 2.26 bits per heavy atom. The van der Waals surface area contributed by atoms with Crippen LogP contribution in [0.2, 0.25) is 5.02 Å². The number of ether oxygens (including phenoxy) is 2. The fraction of sp³-hybridized carbons (Fsp3) is 0.250. The van der Waals surface area contributed by atoms with Crippen molar-refractivity contribution in [3.05, 3.63) is 59.1 Å². The minimum Gasteiger partial charge on any atom is -0.477 e. The van der Waals surface area contributed by atoms with Crippen molar-refractivity contribution in [1.82, 2.24) is 0 Å². The molecular formula is C20H20ClNO5. The average Bonchev–Trinajstić information content (AvgIpc) is 2.56. The van der Waals surface area contributed by atoms with Crippen molar-refractivity contribution >= 4 is 29.4 Å². The zero-order chi connectivity index (χ0) is 20.0. The van der Waals surface area contributed by atoms with Crippen LogP contribution in [0.3, 0.4) is 0 Å². The number of carbonyl (C=O) groups is 2. The van der Waals surface area contributed by atoms with E-state index in [0.29, 0.717) is 22.1 Å². The first-order valence-corrected chi connectivity index (χ1v) is 8.57. The summed E-state index contributed by atoms with van der Waals surface area (Å²) < 4.78 is 10.7. The fourth-order valence-corrected chi connectivity index (χ4v) is 2.26. The van der Waals surface area contributed by atoms with Gasteiger partial charge >= 0.3 is 12.1 Å². The summed E-state index contributed by atoms with van der Waals surface area (Å²) in [5.41, 5.74) is -0.391. The number of benzene rings is 2. The molecule has 0 saturated carbocycles. The molecule has 0 aromatic heterocycles. The van der Waals surface area contributed by atoms with Crippen LogP contribution in [0, 0.1) is 0 Å². The highest BCUT2D eigenvalue weighted by Crippen LogP contribution is 2.28. The summed E-state index contributed by atoms with van der Waals surface area (Å²) in [7, 11) is 0. The minimum absolute atomic E-state index is 0.0268. The molecule has 0 bridgehead atoms. The Morgan fingerprint density at radius 1 is 1.07 bits per heavy atom. The standard InChI is InChI=1S/C20H20ClNO5/c1-20(2,3)27-19(25)22-16(18(23)24)12-13-8-10-14(11-9-13)26-17-7-5-4-6-15(17)21/h4-11H,12H2,1-3H3,(H,23,24). The topological polar surface area (TPSA) is 85.2 Å². The van der Waals surface area contributed by atoms with Gasteiger partial charge in [0.05, 0.1) is 5.02 Å². The van der Waals surface area contributed by atoms with E-state index in [2.05, 4.69) is 4.99 Å². The van der Waals surface area contributed by atoms with Gasteiger partial charge in [-0.1, -0.05) is 35.9 Å². The third-order valence-electron chi connectivity index (χ3n) is 3.23. The maximum atomic E-state index is 11.7. The van der Waals surface area contributed by atoms with E-state index in [-0.39, 0.29) is 12.1 Å². The third-order valence-corrected chi connectivity index (χ3v) is 3.54. The van der Waals surface area contributed by atoms with Gasteiger partial charge in [-0.2, -0.15) is 4.99 Å². The van der Waals surface area contributed by atoms with Gasteiger partial charge in [-0.15, -0.1) is 0 Å². The number of hydrogen-bond acceptors (Lipinski definition) is 4. The van der Waals surface area contributed by atoms with E-state index in [4.69, 9.17) is 21.1 Å². The molecule has 0 aliphatic heterocycles.